The van der Waals surface area contributed by atoms with Crippen LogP contribution in [0.2, 0.25) is 0 Å². The fourth-order valence-corrected chi connectivity index (χ4v) is 2.45. The molecular weight excluding hydrogens is 294 g/mol. The summed E-state index contributed by atoms with van der Waals surface area (Å²) >= 11 is 5.15. The van der Waals surface area contributed by atoms with E-state index < -0.39 is 5.43 Å². The van der Waals surface area contributed by atoms with Crippen LogP contribution in [0.1, 0.15) is 31.8 Å². The molecule has 0 aromatic heterocycles. The van der Waals surface area contributed by atoms with Crippen LogP contribution in [0.4, 0.5) is 10.5 Å². The van der Waals surface area contributed by atoms with Gasteiger partial charge < -0.3 is 10.5 Å². The number of hydrogen-bond acceptors (Lipinski definition) is 5. The quantitative estimate of drug-likeness (QED) is 0.551. The number of halogens is 1. The number of nitrogen functional groups attached to an aromatic ring is 1. The highest BCUT2D eigenvalue weighted by Gasteiger charge is 2.32. The number of carbonyl (C=O) groups is 3. The smallest absolute Gasteiger partial charge is 0.409 e. The summed E-state index contributed by atoms with van der Waals surface area (Å²) < 4.78 is 4.72. The number of anilines is 1. The molecule has 2 aromatic rings. The minimum absolute atomic E-state index is 0.0362. The molecule has 21 heavy (non-hydrogen) atoms. The summed E-state index contributed by atoms with van der Waals surface area (Å²) in [6.07, 6.45) is 0. The maximum Gasteiger partial charge on any atom is 0.409 e. The fourth-order valence-electron chi connectivity index (χ4n) is 2.37. The number of fused-ring (bicyclic) bond motifs is 2. The second kappa shape index (κ2) is 4.71. The lowest BCUT2D eigenvalue weighted by molar-refractivity contribution is 0.0979. The summed E-state index contributed by atoms with van der Waals surface area (Å²) in [7, 11) is 0. The number of ether oxygens (including phenoxy) is 1. The van der Waals surface area contributed by atoms with Crippen molar-refractivity contribution in [2.24, 2.45) is 0 Å². The molecule has 2 aromatic carbocycles. The van der Waals surface area contributed by atoms with Gasteiger partial charge in [-0.2, -0.15) is 0 Å². The summed E-state index contributed by atoms with van der Waals surface area (Å²) in [5.41, 5.74) is 5.53. The molecule has 0 heterocycles. The molecule has 1 aliphatic carbocycles. The number of nitrogens with two attached hydrogens (primary N) is 1. The number of benzene rings is 2. The van der Waals surface area contributed by atoms with Gasteiger partial charge in [-0.25, -0.2) is 4.79 Å². The normalized spacial score (nSPS) is 12.6. The van der Waals surface area contributed by atoms with Gasteiger partial charge in [0.05, 0.1) is 11.3 Å². The van der Waals surface area contributed by atoms with Crippen molar-refractivity contribution in [1.82, 2.24) is 0 Å². The van der Waals surface area contributed by atoms with Crippen LogP contribution in [0.15, 0.2) is 36.4 Å². The average Bonchev–Trinajstić information content (AvgIpc) is 2.46. The van der Waals surface area contributed by atoms with Crippen molar-refractivity contribution in [3.8, 4) is 5.75 Å². The van der Waals surface area contributed by atoms with Crippen molar-refractivity contribution in [3.63, 3.8) is 0 Å². The van der Waals surface area contributed by atoms with Crippen molar-refractivity contribution in [2.75, 3.05) is 5.73 Å². The van der Waals surface area contributed by atoms with Crippen molar-refractivity contribution in [2.45, 2.75) is 0 Å². The molecule has 0 unspecified atom stereocenters. The van der Waals surface area contributed by atoms with Gasteiger partial charge in [0.25, 0.3) is 0 Å². The lowest BCUT2D eigenvalue weighted by Gasteiger charge is -2.19. The third-order valence-electron chi connectivity index (χ3n) is 3.28. The van der Waals surface area contributed by atoms with Crippen LogP contribution in [0.5, 0.6) is 5.75 Å². The molecule has 0 saturated carbocycles. The Labute approximate surface area is 124 Å². The Morgan fingerprint density at radius 3 is 2.19 bits per heavy atom. The second-order valence-electron chi connectivity index (χ2n) is 4.44. The highest BCUT2D eigenvalue weighted by molar-refractivity contribution is 6.61. The van der Waals surface area contributed by atoms with Gasteiger partial charge in [0.2, 0.25) is 0 Å². The number of rotatable bonds is 1. The van der Waals surface area contributed by atoms with Crippen molar-refractivity contribution >= 4 is 34.3 Å². The Morgan fingerprint density at radius 2 is 1.57 bits per heavy atom. The van der Waals surface area contributed by atoms with E-state index in [1.807, 2.05) is 0 Å². The molecule has 0 radical (unpaired) electrons. The zero-order valence-corrected chi connectivity index (χ0v) is 11.3. The van der Waals surface area contributed by atoms with E-state index in [4.69, 9.17) is 22.1 Å². The van der Waals surface area contributed by atoms with Crippen molar-refractivity contribution in [3.05, 3.63) is 58.7 Å². The molecule has 2 N–H and O–H groups in total. The van der Waals surface area contributed by atoms with Crippen LogP contribution < -0.4 is 10.5 Å². The molecule has 104 valence electrons. The largest absolute Gasteiger partial charge is 0.412 e. The predicted octanol–water partition coefficient (Wildman–Crippen LogP) is 2.78. The van der Waals surface area contributed by atoms with E-state index in [1.54, 1.807) is 24.3 Å². The summed E-state index contributed by atoms with van der Waals surface area (Å²) in [4.78, 5) is 35.7. The zero-order chi connectivity index (χ0) is 15.1. The van der Waals surface area contributed by atoms with Crippen LogP contribution in [-0.4, -0.2) is 17.0 Å². The predicted molar refractivity (Wildman–Crippen MR) is 76.0 cm³/mol. The molecule has 0 aliphatic heterocycles. The topological polar surface area (TPSA) is 86.5 Å². The Kier molecular flexibility index (Phi) is 2.99. The van der Waals surface area contributed by atoms with E-state index in [2.05, 4.69) is 0 Å². The Bertz CT molecular complexity index is 813. The number of ketones is 2. The molecule has 0 bridgehead atoms. The van der Waals surface area contributed by atoms with E-state index in [1.165, 1.54) is 12.1 Å². The van der Waals surface area contributed by atoms with Gasteiger partial charge in [-0.15, -0.1) is 0 Å². The maximum atomic E-state index is 12.5. The number of carbonyl (C=O) groups excluding carboxylic acids is 3. The summed E-state index contributed by atoms with van der Waals surface area (Å²) in [6.45, 7) is 0. The first-order valence-electron chi connectivity index (χ1n) is 5.99. The van der Waals surface area contributed by atoms with Gasteiger partial charge in [-0.1, -0.05) is 24.3 Å². The first-order valence-corrected chi connectivity index (χ1v) is 6.36. The first kappa shape index (κ1) is 13.3. The minimum atomic E-state index is -1.07. The SMILES string of the molecule is Nc1c(OC(=O)Cl)ccc2c1C(=O)c1ccccc1C2=O. The Hall–Kier alpha value is -2.66. The average molecular weight is 302 g/mol. The number of hydrogen-bond donors (Lipinski definition) is 1. The molecule has 5 nitrogen and oxygen atoms in total. The van der Waals surface area contributed by atoms with Gasteiger partial charge in [0.1, 0.15) is 0 Å². The van der Waals surface area contributed by atoms with Crippen LogP contribution in [0, 0.1) is 0 Å². The summed E-state index contributed by atoms with van der Waals surface area (Å²) in [5.74, 6) is -0.727. The van der Waals surface area contributed by atoms with Gasteiger partial charge >= 0.3 is 5.43 Å². The highest BCUT2D eigenvalue weighted by atomic mass is 35.5. The zero-order valence-electron chi connectivity index (χ0n) is 10.6. The second-order valence-corrected chi connectivity index (χ2v) is 4.75. The van der Waals surface area contributed by atoms with E-state index in [-0.39, 0.29) is 39.7 Å². The van der Waals surface area contributed by atoms with Crippen LogP contribution in [-0.2, 0) is 0 Å². The lowest BCUT2D eigenvalue weighted by Crippen LogP contribution is -2.22. The van der Waals surface area contributed by atoms with Gasteiger partial charge in [0, 0.05) is 28.3 Å². The molecular formula is C15H8ClNO4. The molecule has 0 atom stereocenters. The summed E-state index contributed by atoms with van der Waals surface area (Å²) in [5, 5.41) is 0. The molecule has 0 spiro atoms. The van der Waals surface area contributed by atoms with Gasteiger partial charge in [0.15, 0.2) is 17.3 Å². The van der Waals surface area contributed by atoms with Gasteiger partial charge in [-0.3, -0.25) is 9.59 Å². The molecule has 0 saturated heterocycles. The Morgan fingerprint density at radius 1 is 0.952 bits per heavy atom. The summed E-state index contributed by atoms with van der Waals surface area (Å²) in [6, 6.07) is 9.22. The Balaban J connectivity index is 2.24. The molecule has 1 aliphatic rings. The molecule has 0 amide bonds. The highest BCUT2D eigenvalue weighted by Crippen LogP contribution is 2.35. The standard InChI is InChI=1S/C15H8ClNO4/c16-15(20)21-10-6-5-9-11(12(10)17)14(19)8-4-2-1-3-7(8)13(9)18/h1-6H,17H2. The van der Waals surface area contributed by atoms with Crippen LogP contribution in [0.25, 0.3) is 0 Å². The molecule has 3 rings (SSSR count). The van der Waals surface area contributed by atoms with E-state index in [0.29, 0.717) is 5.56 Å². The van der Waals surface area contributed by atoms with E-state index >= 15 is 0 Å². The molecule has 0 fully saturated rings. The maximum absolute atomic E-state index is 12.5. The minimum Gasteiger partial charge on any atom is -0.412 e. The lowest BCUT2D eigenvalue weighted by atomic mass is 9.83. The van der Waals surface area contributed by atoms with Gasteiger partial charge in [-0.05, 0) is 12.1 Å². The van der Waals surface area contributed by atoms with E-state index in [0.717, 1.165) is 0 Å². The first-order chi connectivity index (χ1) is 10.0. The third-order valence-corrected chi connectivity index (χ3v) is 3.36. The monoisotopic (exact) mass is 301 g/mol. The van der Waals surface area contributed by atoms with Crippen molar-refractivity contribution < 1.29 is 19.1 Å². The fraction of sp³-hybridized carbons (Fsp3) is 0. The van der Waals surface area contributed by atoms with Crippen molar-refractivity contribution in [1.29, 1.82) is 0 Å². The van der Waals surface area contributed by atoms with E-state index in [9.17, 15) is 14.4 Å². The molecule has 6 heteroatoms. The van der Waals surface area contributed by atoms with Crippen LogP contribution >= 0.6 is 11.6 Å². The van der Waals surface area contributed by atoms with Crippen LogP contribution in [0.3, 0.4) is 0 Å². The third kappa shape index (κ3) is 1.98.